The number of benzene rings is 2. The highest BCUT2D eigenvalue weighted by Gasteiger charge is 2.17. The summed E-state index contributed by atoms with van der Waals surface area (Å²) in [5.41, 5.74) is 0.165. The molecule has 0 bridgehead atoms. The quantitative estimate of drug-likeness (QED) is 0.775. The predicted molar refractivity (Wildman–Crippen MR) is 86.8 cm³/mol. The van der Waals surface area contributed by atoms with E-state index < -0.39 is 23.6 Å². The molecule has 24 heavy (non-hydrogen) atoms. The summed E-state index contributed by atoms with van der Waals surface area (Å²) in [7, 11) is 0. The Labute approximate surface area is 136 Å². The van der Waals surface area contributed by atoms with E-state index >= 15 is 0 Å². The van der Waals surface area contributed by atoms with Gasteiger partial charge in [-0.15, -0.1) is 0 Å². The van der Waals surface area contributed by atoms with Crippen molar-refractivity contribution in [1.82, 2.24) is 10.3 Å². The fraction of sp³-hybridized carbons (Fsp3) is 0.111. The highest BCUT2D eigenvalue weighted by Crippen LogP contribution is 2.20. The van der Waals surface area contributed by atoms with Crippen LogP contribution < -0.4 is 10.9 Å². The van der Waals surface area contributed by atoms with E-state index in [9.17, 15) is 18.4 Å². The zero-order valence-electron chi connectivity index (χ0n) is 12.8. The van der Waals surface area contributed by atoms with E-state index in [1.54, 1.807) is 31.2 Å². The van der Waals surface area contributed by atoms with Crippen LogP contribution in [0.3, 0.4) is 0 Å². The number of aromatic amines is 1. The maximum absolute atomic E-state index is 13.8. The average molecular weight is 328 g/mol. The number of pyridine rings is 1. The van der Waals surface area contributed by atoms with Gasteiger partial charge in [-0.25, -0.2) is 8.78 Å². The number of hydrogen-bond acceptors (Lipinski definition) is 2. The standard InChI is InChI=1S/C18H14F2N2O2/c1-10(12-7-6-11(19)8-16(12)20)22-18(24)15-9-21-17(23)14-5-3-2-4-13(14)15/h2-10H,1H3,(H,21,23)(H,22,24)/t10-/m0/s1. The second kappa shape index (κ2) is 6.23. The lowest BCUT2D eigenvalue weighted by Crippen LogP contribution is -2.28. The Morgan fingerprint density at radius 2 is 1.83 bits per heavy atom. The molecule has 1 amide bonds. The molecule has 6 heteroatoms. The Hall–Kier alpha value is -3.02. The van der Waals surface area contributed by atoms with Crippen molar-refractivity contribution in [3.05, 3.63) is 81.8 Å². The number of rotatable bonds is 3. The number of halogens is 2. The first-order chi connectivity index (χ1) is 11.5. The number of nitrogens with one attached hydrogen (secondary N) is 2. The van der Waals surface area contributed by atoms with Crippen LogP contribution in [0, 0.1) is 11.6 Å². The minimum Gasteiger partial charge on any atom is -0.345 e. The van der Waals surface area contributed by atoms with Crippen LogP contribution in [0.15, 0.2) is 53.5 Å². The van der Waals surface area contributed by atoms with Gasteiger partial charge in [-0.3, -0.25) is 9.59 Å². The molecule has 1 heterocycles. The summed E-state index contributed by atoms with van der Waals surface area (Å²) in [6, 6.07) is 9.25. The van der Waals surface area contributed by atoms with Gasteiger partial charge in [0.1, 0.15) is 11.6 Å². The van der Waals surface area contributed by atoms with Gasteiger partial charge in [-0.2, -0.15) is 0 Å². The summed E-state index contributed by atoms with van der Waals surface area (Å²) in [6.07, 6.45) is 1.33. The zero-order valence-corrected chi connectivity index (χ0v) is 12.8. The second-order valence-electron chi connectivity index (χ2n) is 5.44. The summed E-state index contributed by atoms with van der Waals surface area (Å²) in [5, 5.41) is 3.56. The highest BCUT2D eigenvalue weighted by molar-refractivity contribution is 6.06. The lowest BCUT2D eigenvalue weighted by molar-refractivity contribution is 0.0940. The van der Waals surface area contributed by atoms with Gasteiger partial charge < -0.3 is 10.3 Å². The Morgan fingerprint density at radius 1 is 1.12 bits per heavy atom. The van der Waals surface area contributed by atoms with Gasteiger partial charge >= 0.3 is 0 Å². The Balaban J connectivity index is 1.93. The van der Waals surface area contributed by atoms with Crippen LogP contribution in [0.1, 0.15) is 28.9 Å². The van der Waals surface area contributed by atoms with E-state index in [1.807, 2.05) is 0 Å². The number of aromatic nitrogens is 1. The van der Waals surface area contributed by atoms with Gasteiger partial charge in [0.2, 0.25) is 0 Å². The molecule has 0 saturated carbocycles. The van der Waals surface area contributed by atoms with Crippen LogP contribution in [0.4, 0.5) is 8.78 Å². The van der Waals surface area contributed by atoms with Crippen LogP contribution in [-0.2, 0) is 0 Å². The molecule has 0 aliphatic heterocycles. The molecule has 2 aromatic carbocycles. The van der Waals surface area contributed by atoms with Crippen LogP contribution >= 0.6 is 0 Å². The van der Waals surface area contributed by atoms with Crippen molar-refractivity contribution < 1.29 is 13.6 Å². The maximum Gasteiger partial charge on any atom is 0.255 e. The first kappa shape index (κ1) is 15.9. The van der Waals surface area contributed by atoms with Crippen LogP contribution in [0.2, 0.25) is 0 Å². The van der Waals surface area contributed by atoms with Gasteiger partial charge in [0, 0.05) is 28.6 Å². The fourth-order valence-electron chi connectivity index (χ4n) is 2.60. The maximum atomic E-state index is 13.8. The number of carbonyl (C=O) groups excluding carboxylic acids is 1. The van der Waals surface area contributed by atoms with Crippen molar-refractivity contribution in [2.75, 3.05) is 0 Å². The molecule has 0 aliphatic carbocycles. The van der Waals surface area contributed by atoms with Gasteiger partial charge in [0.25, 0.3) is 11.5 Å². The predicted octanol–water partition coefficient (Wildman–Crippen LogP) is 3.30. The van der Waals surface area contributed by atoms with E-state index in [0.29, 0.717) is 10.8 Å². The van der Waals surface area contributed by atoms with Crippen molar-refractivity contribution in [2.24, 2.45) is 0 Å². The van der Waals surface area contributed by atoms with E-state index in [1.165, 1.54) is 12.3 Å². The molecule has 0 aliphatic rings. The van der Waals surface area contributed by atoms with Crippen LogP contribution in [0.25, 0.3) is 10.8 Å². The Kier molecular flexibility index (Phi) is 4.12. The van der Waals surface area contributed by atoms with Crippen molar-refractivity contribution in [1.29, 1.82) is 0 Å². The van der Waals surface area contributed by atoms with Crippen LogP contribution in [0.5, 0.6) is 0 Å². The summed E-state index contributed by atoms with van der Waals surface area (Å²) in [5.74, 6) is -1.87. The molecular weight excluding hydrogens is 314 g/mol. The summed E-state index contributed by atoms with van der Waals surface area (Å²) in [4.78, 5) is 26.8. The molecule has 3 rings (SSSR count). The number of carbonyl (C=O) groups is 1. The summed E-state index contributed by atoms with van der Waals surface area (Å²) >= 11 is 0. The molecule has 0 radical (unpaired) electrons. The van der Waals surface area contributed by atoms with Crippen molar-refractivity contribution >= 4 is 16.7 Å². The molecule has 122 valence electrons. The van der Waals surface area contributed by atoms with Crippen LogP contribution in [-0.4, -0.2) is 10.9 Å². The molecule has 3 aromatic rings. The molecule has 0 spiro atoms. The molecule has 0 unspecified atom stereocenters. The zero-order chi connectivity index (χ0) is 17.3. The van der Waals surface area contributed by atoms with E-state index in [4.69, 9.17) is 0 Å². The molecule has 1 aromatic heterocycles. The minimum absolute atomic E-state index is 0.179. The number of H-pyrrole nitrogens is 1. The molecular formula is C18H14F2N2O2. The SMILES string of the molecule is C[C@H](NC(=O)c1c[nH]c(=O)c2ccccc12)c1ccc(F)cc1F. The lowest BCUT2D eigenvalue weighted by atomic mass is 10.0. The third kappa shape index (κ3) is 2.90. The number of fused-ring (bicyclic) bond motifs is 1. The molecule has 4 nitrogen and oxygen atoms in total. The van der Waals surface area contributed by atoms with Gasteiger partial charge in [-0.1, -0.05) is 24.3 Å². The van der Waals surface area contributed by atoms with E-state index in [2.05, 4.69) is 10.3 Å². The van der Waals surface area contributed by atoms with Crippen molar-refractivity contribution in [3.8, 4) is 0 Å². The smallest absolute Gasteiger partial charge is 0.255 e. The second-order valence-corrected chi connectivity index (χ2v) is 5.44. The highest BCUT2D eigenvalue weighted by atomic mass is 19.1. The average Bonchev–Trinajstić information content (AvgIpc) is 2.55. The van der Waals surface area contributed by atoms with E-state index in [-0.39, 0.29) is 16.7 Å². The minimum atomic E-state index is -0.728. The lowest BCUT2D eigenvalue weighted by Gasteiger charge is -2.16. The third-order valence-electron chi connectivity index (χ3n) is 3.83. The fourth-order valence-corrected chi connectivity index (χ4v) is 2.60. The van der Waals surface area contributed by atoms with Gasteiger partial charge in [0.15, 0.2) is 0 Å². The monoisotopic (exact) mass is 328 g/mol. The first-order valence-corrected chi connectivity index (χ1v) is 7.33. The summed E-state index contributed by atoms with van der Waals surface area (Å²) < 4.78 is 26.8. The molecule has 1 atom stereocenters. The number of hydrogen-bond donors (Lipinski definition) is 2. The first-order valence-electron chi connectivity index (χ1n) is 7.33. The van der Waals surface area contributed by atoms with E-state index in [0.717, 1.165) is 12.1 Å². The summed E-state index contributed by atoms with van der Waals surface area (Å²) in [6.45, 7) is 1.60. The van der Waals surface area contributed by atoms with Gasteiger partial charge in [-0.05, 0) is 19.1 Å². The molecule has 0 fully saturated rings. The third-order valence-corrected chi connectivity index (χ3v) is 3.83. The Morgan fingerprint density at radius 3 is 2.54 bits per heavy atom. The van der Waals surface area contributed by atoms with Crippen molar-refractivity contribution in [3.63, 3.8) is 0 Å². The topological polar surface area (TPSA) is 62.0 Å². The molecule has 2 N–H and O–H groups in total. The number of amides is 1. The molecule has 0 saturated heterocycles. The largest absolute Gasteiger partial charge is 0.345 e. The van der Waals surface area contributed by atoms with Gasteiger partial charge in [0.05, 0.1) is 11.6 Å². The Bertz CT molecular complexity index is 982. The van der Waals surface area contributed by atoms with Crippen molar-refractivity contribution in [2.45, 2.75) is 13.0 Å². The normalized spacial score (nSPS) is 12.1.